The molecule has 1 aromatic rings. The van der Waals surface area contributed by atoms with Crippen LogP contribution in [0.25, 0.3) is 0 Å². The number of aromatic nitrogens is 3. The molecule has 1 atom stereocenters. The smallest absolute Gasteiger partial charge is 0.323 e. The molecule has 0 aliphatic heterocycles. The van der Waals surface area contributed by atoms with Crippen molar-refractivity contribution in [1.29, 1.82) is 0 Å². The first-order chi connectivity index (χ1) is 9.65. The molecule has 114 valence electrons. The predicted octanol–water partition coefficient (Wildman–Crippen LogP) is 0.807. The zero-order valence-electron chi connectivity index (χ0n) is 12.6. The van der Waals surface area contributed by atoms with Gasteiger partial charge in [0.1, 0.15) is 0 Å². The first-order valence-corrected chi connectivity index (χ1v) is 6.77. The summed E-state index contributed by atoms with van der Waals surface area (Å²) >= 11 is 0. The Morgan fingerprint density at radius 1 is 1.30 bits per heavy atom. The van der Waals surface area contributed by atoms with Gasteiger partial charge in [-0.2, -0.15) is 15.0 Å². The summed E-state index contributed by atoms with van der Waals surface area (Å²) in [6.45, 7) is 7.84. The Morgan fingerprint density at radius 2 is 2.05 bits per heavy atom. The molecule has 0 amide bonds. The fourth-order valence-corrected chi connectivity index (χ4v) is 1.66. The van der Waals surface area contributed by atoms with E-state index in [0.717, 1.165) is 6.42 Å². The Labute approximate surface area is 119 Å². The zero-order valence-corrected chi connectivity index (χ0v) is 12.6. The summed E-state index contributed by atoms with van der Waals surface area (Å²) in [6.07, 6.45) is 0.963. The van der Waals surface area contributed by atoms with E-state index in [9.17, 15) is 0 Å². The number of nitrogens with zero attached hydrogens (tertiary/aromatic N) is 4. The van der Waals surface area contributed by atoms with Crippen LogP contribution in [0.2, 0.25) is 0 Å². The minimum absolute atomic E-state index is 0.260. The van der Waals surface area contributed by atoms with Crippen LogP contribution >= 0.6 is 0 Å². The molecule has 0 spiro atoms. The van der Waals surface area contributed by atoms with Gasteiger partial charge in [-0.05, 0) is 20.3 Å². The van der Waals surface area contributed by atoms with E-state index in [0.29, 0.717) is 25.7 Å². The maximum absolute atomic E-state index is 5.39. The Bertz CT molecular complexity index is 404. The fourth-order valence-electron chi connectivity index (χ4n) is 1.66. The highest BCUT2D eigenvalue weighted by Crippen LogP contribution is 2.18. The third kappa shape index (κ3) is 4.46. The van der Waals surface area contributed by atoms with Crippen LogP contribution in [0.3, 0.4) is 0 Å². The van der Waals surface area contributed by atoms with Crippen molar-refractivity contribution in [3.05, 3.63) is 0 Å². The number of ether oxygens (including phenoxy) is 2. The van der Waals surface area contributed by atoms with E-state index in [1.807, 2.05) is 6.92 Å². The fraction of sp³-hybridized carbons (Fsp3) is 0.750. The lowest BCUT2D eigenvalue weighted by atomic mass is 10.2. The average molecular weight is 284 g/mol. The Balaban J connectivity index is 3.06. The lowest BCUT2D eigenvalue weighted by Crippen LogP contribution is -2.37. The normalized spacial score (nSPS) is 12.1. The standard InChI is InChI=1S/C12H24N6O2/c1-5-9(3)18(7-8-19-4)11-14-10(17-13)15-12(16-11)20-6-2/h9H,5-8,13H2,1-4H3,(H,14,15,16,17). The molecule has 0 aromatic carbocycles. The summed E-state index contributed by atoms with van der Waals surface area (Å²) in [5, 5.41) is 0. The topological polar surface area (TPSA) is 98.4 Å². The molecule has 8 heteroatoms. The first-order valence-electron chi connectivity index (χ1n) is 6.77. The molecular weight excluding hydrogens is 260 g/mol. The Kier molecular flexibility index (Phi) is 6.96. The summed E-state index contributed by atoms with van der Waals surface area (Å²) in [7, 11) is 1.67. The predicted molar refractivity (Wildman–Crippen MR) is 77.8 cm³/mol. The van der Waals surface area contributed by atoms with E-state index < -0.39 is 0 Å². The van der Waals surface area contributed by atoms with E-state index in [2.05, 4.69) is 39.1 Å². The van der Waals surface area contributed by atoms with Gasteiger partial charge in [0.05, 0.1) is 13.2 Å². The second kappa shape index (κ2) is 8.49. The summed E-state index contributed by atoms with van der Waals surface area (Å²) in [5.41, 5.74) is 2.43. The highest BCUT2D eigenvalue weighted by molar-refractivity contribution is 5.38. The van der Waals surface area contributed by atoms with Crippen LogP contribution in [0, 0.1) is 0 Å². The maximum Gasteiger partial charge on any atom is 0.323 e. The Morgan fingerprint density at radius 3 is 2.60 bits per heavy atom. The second-order valence-electron chi connectivity index (χ2n) is 4.26. The molecule has 8 nitrogen and oxygen atoms in total. The first kappa shape index (κ1) is 16.4. The number of nitrogens with two attached hydrogens (primary N) is 1. The van der Waals surface area contributed by atoms with Crippen molar-refractivity contribution in [2.45, 2.75) is 33.2 Å². The van der Waals surface area contributed by atoms with Crippen molar-refractivity contribution < 1.29 is 9.47 Å². The summed E-state index contributed by atoms with van der Waals surface area (Å²) in [4.78, 5) is 14.7. The van der Waals surface area contributed by atoms with E-state index in [1.54, 1.807) is 7.11 Å². The van der Waals surface area contributed by atoms with Crippen molar-refractivity contribution in [2.24, 2.45) is 5.84 Å². The third-order valence-corrected chi connectivity index (χ3v) is 2.92. The van der Waals surface area contributed by atoms with Crippen molar-refractivity contribution >= 4 is 11.9 Å². The van der Waals surface area contributed by atoms with Gasteiger partial charge in [0.15, 0.2) is 0 Å². The molecule has 1 aromatic heterocycles. The monoisotopic (exact) mass is 284 g/mol. The van der Waals surface area contributed by atoms with Crippen LogP contribution in [0.1, 0.15) is 27.2 Å². The van der Waals surface area contributed by atoms with Crippen LogP contribution in [-0.4, -0.2) is 47.9 Å². The van der Waals surface area contributed by atoms with Gasteiger partial charge in [-0.15, -0.1) is 0 Å². The highest BCUT2D eigenvalue weighted by atomic mass is 16.5. The van der Waals surface area contributed by atoms with E-state index in [4.69, 9.17) is 15.3 Å². The van der Waals surface area contributed by atoms with Gasteiger partial charge in [0, 0.05) is 19.7 Å². The number of hydrogen-bond acceptors (Lipinski definition) is 8. The van der Waals surface area contributed by atoms with Crippen LogP contribution in [0.4, 0.5) is 11.9 Å². The van der Waals surface area contributed by atoms with Gasteiger partial charge in [-0.1, -0.05) is 6.92 Å². The number of rotatable bonds is 9. The van der Waals surface area contributed by atoms with Gasteiger partial charge >= 0.3 is 6.01 Å². The molecule has 0 saturated carbocycles. The van der Waals surface area contributed by atoms with Gasteiger partial charge in [-0.25, -0.2) is 5.84 Å². The summed E-state index contributed by atoms with van der Waals surface area (Å²) < 4.78 is 10.5. The summed E-state index contributed by atoms with van der Waals surface area (Å²) in [5.74, 6) is 6.20. The second-order valence-corrected chi connectivity index (χ2v) is 4.26. The van der Waals surface area contributed by atoms with E-state index in [-0.39, 0.29) is 18.0 Å². The van der Waals surface area contributed by atoms with Crippen molar-refractivity contribution in [3.8, 4) is 6.01 Å². The average Bonchev–Trinajstić information content (AvgIpc) is 2.47. The van der Waals surface area contributed by atoms with Crippen molar-refractivity contribution in [2.75, 3.05) is 37.2 Å². The number of hydrogen-bond donors (Lipinski definition) is 2. The minimum atomic E-state index is 0.260. The molecule has 1 unspecified atom stereocenters. The van der Waals surface area contributed by atoms with Gasteiger partial charge in [0.25, 0.3) is 0 Å². The quantitative estimate of drug-likeness (QED) is 0.507. The van der Waals surface area contributed by atoms with Crippen LogP contribution in [0.15, 0.2) is 0 Å². The molecule has 0 aliphatic carbocycles. The lowest BCUT2D eigenvalue weighted by Gasteiger charge is -2.28. The SMILES string of the molecule is CCOc1nc(NN)nc(N(CCOC)C(C)CC)n1. The largest absolute Gasteiger partial charge is 0.464 e. The van der Waals surface area contributed by atoms with Crippen molar-refractivity contribution in [3.63, 3.8) is 0 Å². The van der Waals surface area contributed by atoms with Crippen LogP contribution in [-0.2, 0) is 4.74 Å². The minimum Gasteiger partial charge on any atom is -0.464 e. The van der Waals surface area contributed by atoms with E-state index >= 15 is 0 Å². The highest BCUT2D eigenvalue weighted by Gasteiger charge is 2.18. The van der Waals surface area contributed by atoms with Crippen LogP contribution < -0.4 is 20.9 Å². The zero-order chi connectivity index (χ0) is 15.0. The Hall–Kier alpha value is -1.67. The molecule has 0 fully saturated rings. The molecule has 20 heavy (non-hydrogen) atoms. The van der Waals surface area contributed by atoms with Gasteiger partial charge in [0.2, 0.25) is 11.9 Å². The third-order valence-electron chi connectivity index (χ3n) is 2.92. The molecule has 0 saturated heterocycles. The number of anilines is 2. The molecule has 0 aliphatic rings. The van der Waals surface area contributed by atoms with Gasteiger partial charge in [-0.3, -0.25) is 5.43 Å². The summed E-state index contributed by atoms with van der Waals surface area (Å²) in [6, 6.07) is 0.531. The van der Waals surface area contributed by atoms with Gasteiger partial charge < -0.3 is 14.4 Å². The maximum atomic E-state index is 5.39. The number of nitrogens with one attached hydrogen (secondary N) is 1. The lowest BCUT2D eigenvalue weighted by molar-refractivity contribution is 0.202. The van der Waals surface area contributed by atoms with Crippen molar-refractivity contribution in [1.82, 2.24) is 15.0 Å². The number of hydrazine groups is 1. The molecule has 0 bridgehead atoms. The molecule has 1 heterocycles. The van der Waals surface area contributed by atoms with Crippen LogP contribution in [0.5, 0.6) is 6.01 Å². The molecule has 1 rings (SSSR count). The van der Waals surface area contributed by atoms with E-state index in [1.165, 1.54) is 0 Å². The number of methoxy groups -OCH3 is 1. The molecular formula is C12H24N6O2. The number of nitrogen functional groups attached to an aromatic ring is 1. The molecule has 0 radical (unpaired) electrons. The molecule has 3 N–H and O–H groups in total.